The van der Waals surface area contributed by atoms with Gasteiger partial charge in [0, 0.05) is 13.1 Å². The first-order chi connectivity index (χ1) is 18.0. The average Bonchev–Trinajstić information content (AvgIpc) is 3.02. The Hall–Kier alpha value is -2.94. The first-order valence-electron chi connectivity index (χ1n) is 11.7. The number of halogens is 9. The highest BCUT2D eigenvalue weighted by Gasteiger charge is 2.52. The molecule has 1 aliphatic rings. The van der Waals surface area contributed by atoms with Crippen LogP contribution >= 0.6 is 0 Å². The van der Waals surface area contributed by atoms with Crippen LogP contribution in [0.25, 0.3) is 0 Å². The SMILES string of the molecule is COC(=O)N(Cc1cc(C(F)(F)F)cc(C(F)(F)F)c1)Cc1cc(C(F)(F)F)ccc1B1OC(C)(C)C(C)(C)O1. The molecule has 0 aromatic heterocycles. The number of ether oxygens (including phenoxy) is 1. The summed E-state index contributed by atoms with van der Waals surface area (Å²) in [5, 5.41) is 0. The molecule has 1 heterocycles. The predicted octanol–water partition coefficient (Wildman–Crippen LogP) is 6.81. The first kappa shape index (κ1) is 31.6. The summed E-state index contributed by atoms with van der Waals surface area (Å²) in [5.74, 6) is 0. The van der Waals surface area contributed by atoms with Gasteiger partial charge in [0.1, 0.15) is 0 Å². The molecule has 1 aliphatic heterocycles. The summed E-state index contributed by atoms with van der Waals surface area (Å²) >= 11 is 0. The van der Waals surface area contributed by atoms with Gasteiger partial charge in [-0.1, -0.05) is 12.1 Å². The Labute approximate surface area is 224 Å². The Morgan fingerprint density at radius 3 is 1.68 bits per heavy atom. The first-order valence-corrected chi connectivity index (χ1v) is 11.7. The van der Waals surface area contributed by atoms with Crippen molar-refractivity contribution < 1.29 is 58.4 Å². The second-order valence-corrected chi connectivity index (χ2v) is 10.2. The van der Waals surface area contributed by atoms with Crippen molar-refractivity contribution >= 4 is 18.7 Å². The molecule has 0 spiro atoms. The van der Waals surface area contributed by atoms with Gasteiger partial charge in [0.05, 0.1) is 35.0 Å². The van der Waals surface area contributed by atoms with Gasteiger partial charge in [0.25, 0.3) is 0 Å². The lowest BCUT2D eigenvalue weighted by molar-refractivity contribution is -0.143. The molecule has 220 valence electrons. The molecule has 5 nitrogen and oxygen atoms in total. The Bertz CT molecular complexity index is 1210. The van der Waals surface area contributed by atoms with E-state index < -0.39 is 78.3 Å². The number of hydrogen-bond acceptors (Lipinski definition) is 4. The molecule has 0 N–H and O–H groups in total. The summed E-state index contributed by atoms with van der Waals surface area (Å²) in [4.78, 5) is 13.3. The quantitative estimate of drug-likeness (QED) is 0.286. The highest BCUT2D eigenvalue weighted by atomic mass is 19.4. The lowest BCUT2D eigenvalue weighted by Gasteiger charge is -2.32. The number of carbonyl (C=O) groups is 1. The van der Waals surface area contributed by atoms with Crippen LogP contribution < -0.4 is 5.46 Å². The summed E-state index contributed by atoms with van der Waals surface area (Å²) < 4.78 is 137. The zero-order chi connectivity index (χ0) is 30.5. The fourth-order valence-corrected chi connectivity index (χ4v) is 3.97. The van der Waals surface area contributed by atoms with Gasteiger partial charge in [-0.05, 0) is 68.6 Å². The lowest BCUT2D eigenvalue weighted by Crippen LogP contribution is -2.41. The van der Waals surface area contributed by atoms with E-state index in [1.807, 2.05) is 0 Å². The van der Waals surface area contributed by atoms with Crippen LogP contribution in [0.3, 0.4) is 0 Å². The molecule has 15 heteroatoms. The maximum absolute atomic E-state index is 13.6. The van der Waals surface area contributed by atoms with Gasteiger partial charge in [0.2, 0.25) is 0 Å². The van der Waals surface area contributed by atoms with E-state index in [2.05, 4.69) is 4.74 Å². The highest BCUT2D eigenvalue weighted by molar-refractivity contribution is 6.62. The molecule has 0 radical (unpaired) electrons. The average molecular weight is 585 g/mol. The fraction of sp³-hybridized carbons (Fsp3) is 0.480. The van der Waals surface area contributed by atoms with Crippen molar-refractivity contribution in [3.63, 3.8) is 0 Å². The van der Waals surface area contributed by atoms with Crippen LogP contribution in [0.15, 0.2) is 36.4 Å². The standard InChI is InChI=1S/C25H25BF9NO4/c1-21(2)22(3,4)40-26(39-21)19-7-6-16(23(27,28)29)10-15(19)13-36(20(37)38-5)12-14-8-17(24(30,31)32)11-18(9-14)25(33,34)35/h6-11H,12-13H2,1-5H3. The minimum Gasteiger partial charge on any atom is -0.453 e. The molecule has 1 amide bonds. The second-order valence-electron chi connectivity index (χ2n) is 10.2. The van der Waals surface area contributed by atoms with Crippen molar-refractivity contribution in [2.75, 3.05) is 7.11 Å². The van der Waals surface area contributed by atoms with Crippen LogP contribution in [0.2, 0.25) is 0 Å². The zero-order valence-corrected chi connectivity index (χ0v) is 21.9. The second kappa shape index (κ2) is 10.5. The van der Waals surface area contributed by atoms with E-state index in [1.54, 1.807) is 27.7 Å². The van der Waals surface area contributed by atoms with Gasteiger partial charge in [-0.25, -0.2) is 4.79 Å². The number of benzene rings is 2. The topological polar surface area (TPSA) is 48.0 Å². The minimum atomic E-state index is -5.14. The summed E-state index contributed by atoms with van der Waals surface area (Å²) in [6, 6.07) is 3.34. The Morgan fingerprint density at radius 2 is 1.25 bits per heavy atom. The van der Waals surface area contributed by atoms with E-state index in [4.69, 9.17) is 9.31 Å². The maximum atomic E-state index is 13.6. The van der Waals surface area contributed by atoms with E-state index in [0.29, 0.717) is 23.1 Å². The maximum Gasteiger partial charge on any atom is 0.495 e. The van der Waals surface area contributed by atoms with E-state index in [9.17, 15) is 44.3 Å². The van der Waals surface area contributed by atoms with Crippen LogP contribution in [-0.2, 0) is 45.7 Å². The molecule has 0 bridgehead atoms. The molecule has 0 aliphatic carbocycles. The van der Waals surface area contributed by atoms with Gasteiger partial charge in [-0.2, -0.15) is 39.5 Å². The van der Waals surface area contributed by atoms with Crippen LogP contribution in [0.1, 0.15) is 55.5 Å². The third-order valence-electron chi connectivity index (χ3n) is 6.79. The molecule has 3 rings (SSSR count). The van der Waals surface area contributed by atoms with Crippen molar-refractivity contribution in [3.05, 3.63) is 64.2 Å². The van der Waals surface area contributed by atoms with Crippen molar-refractivity contribution in [3.8, 4) is 0 Å². The normalized spacial score (nSPS) is 17.2. The third-order valence-corrected chi connectivity index (χ3v) is 6.79. The lowest BCUT2D eigenvalue weighted by atomic mass is 9.75. The Morgan fingerprint density at radius 1 is 0.775 bits per heavy atom. The molecule has 1 saturated heterocycles. The van der Waals surface area contributed by atoms with Crippen LogP contribution in [0.4, 0.5) is 44.3 Å². The monoisotopic (exact) mass is 585 g/mol. The van der Waals surface area contributed by atoms with E-state index in [1.165, 1.54) is 0 Å². The van der Waals surface area contributed by atoms with Gasteiger partial charge >= 0.3 is 31.7 Å². The number of rotatable bonds is 5. The van der Waals surface area contributed by atoms with E-state index in [0.717, 1.165) is 19.2 Å². The predicted molar refractivity (Wildman–Crippen MR) is 125 cm³/mol. The number of amides is 1. The number of hydrogen-bond donors (Lipinski definition) is 0. The number of carbonyl (C=O) groups excluding carboxylic acids is 1. The molecule has 40 heavy (non-hydrogen) atoms. The molecule has 2 aromatic carbocycles. The molecular weight excluding hydrogens is 560 g/mol. The van der Waals surface area contributed by atoms with Crippen molar-refractivity contribution in [2.45, 2.75) is 70.5 Å². The minimum absolute atomic E-state index is 0.0742. The van der Waals surface area contributed by atoms with Crippen LogP contribution in [0.5, 0.6) is 0 Å². The van der Waals surface area contributed by atoms with Crippen LogP contribution in [-0.4, -0.2) is 36.4 Å². The molecule has 0 unspecified atom stereocenters. The van der Waals surface area contributed by atoms with Gasteiger partial charge in [-0.15, -0.1) is 0 Å². The highest BCUT2D eigenvalue weighted by Crippen LogP contribution is 2.39. The molecule has 0 atom stereocenters. The Balaban J connectivity index is 2.09. The van der Waals surface area contributed by atoms with Gasteiger partial charge in [0.15, 0.2) is 0 Å². The smallest absolute Gasteiger partial charge is 0.453 e. The van der Waals surface area contributed by atoms with Gasteiger partial charge < -0.3 is 14.0 Å². The summed E-state index contributed by atoms with van der Waals surface area (Å²) in [7, 11) is -0.281. The van der Waals surface area contributed by atoms with E-state index >= 15 is 0 Å². The molecule has 1 fully saturated rings. The Kier molecular flexibility index (Phi) is 8.27. The number of alkyl halides is 9. The number of methoxy groups -OCH3 is 1. The van der Waals surface area contributed by atoms with Crippen LogP contribution in [0, 0.1) is 0 Å². The summed E-state index contributed by atoms with van der Waals surface area (Å²) in [6.07, 6.45) is -16.3. The summed E-state index contributed by atoms with van der Waals surface area (Å²) in [5.41, 5.74) is -6.78. The van der Waals surface area contributed by atoms with E-state index in [-0.39, 0.29) is 17.1 Å². The molecular formula is C25H25BF9NO4. The molecule has 2 aromatic rings. The summed E-state index contributed by atoms with van der Waals surface area (Å²) in [6.45, 7) is 5.26. The fourth-order valence-electron chi connectivity index (χ4n) is 3.97. The molecule has 0 saturated carbocycles. The van der Waals surface area contributed by atoms with Crippen molar-refractivity contribution in [1.82, 2.24) is 4.90 Å². The number of nitrogens with zero attached hydrogens (tertiary/aromatic N) is 1. The zero-order valence-electron chi connectivity index (χ0n) is 21.9. The third kappa shape index (κ3) is 6.85. The van der Waals surface area contributed by atoms with Crippen molar-refractivity contribution in [2.24, 2.45) is 0 Å². The van der Waals surface area contributed by atoms with Gasteiger partial charge in [-0.3, -0.25) is 4.90 Å². The largest absolute Gasteiger partial charge is 0.495 e. The van der Waals surface area contributed by atoms with Crippen molar-refractivity contribution in [1.29, 1.82) is 0 Å².